The smallest absolute Gasteiger partial charge is 0.338 e. The number of carbonyl (C=O) groups is 1. The number of methoxy groups -OCH3 is 1. The van der Waals surface area contributed by atoms with E-state index in [0.717, 1.165) is 16.7 Å². The summed E-state index contributed by atoms with van der Waals surface area (Å²) in [5.41, 5.74) is 3.69. The van der Waals surface area contributed by atoms with Gasteiger partial charge in [0, 0.05) is 0 Å². The minimum absolute atomic E-state index is 0.311. The van der Waals surface area contributed by atoms with Crippen LogP contribution in [0.15, 0.2) is 61.2 Å². The number of rotatable bonds is 4. The van der Waals surface area contributed by atoms with Crippen LogP contribution in [0.3, 0.4) is 0 Å². The fraction of sp³-hybridized carbons (Fsp3) is 0.118. The van der Waals surface area contributed by atoms with Crippen molar-refractivity contribution in [3.63, 3.8) is 0 Å². The summed E-state index contributed by atoms with van der Waals surface area (Å²) < 4.78 is 4.84. The van der Waals surface area contributed by atoms with Gasteiger partial charge >= 0.3 is 5.97 Å². The van der Waals surface area contributed by atoms with Crippen LogP contribution in [0.4, 0.5) is 0 Å². The lowest BCUT2D eigenvalue weighted by molar-refractivity contribution is 0.0599. The zero-order valence-corrected chi connectivity index (χ0v) is 10.9. The lowest BCUT2D eigenvalue weighted by atomic mass is 9.93. The van der Waals surface area contributed by atoms with Crippen LogP contribution >= 0.6 is 0 Å². The van der Waals surface area contributed by atoms with Gasteiger partial charge < -0.3 is 4.74 Å². The highest BCUT2D eigenvalue weighted by molar-refractivity contribution is 5.93. The topological polar surface area (TPSA) is 26.3 Å². The summed E-state index contributed by atoms with van der Waals surface area (Å²) in [6.45, 7) is 3.76. The molecule has 19 heavy (non-hydrogen) atoms. The average Bonchev–Trinajstić information content (AvgIpc) is 2.48. The molecule has 0 heterocycles. The minimum atomic E-state index is -0.311. The summed E-state index contributed by atoms with van der Waals surface area (Å²) >= 11 is 0. The van der Waals surface area contributed by atoms with E-state index in [4.69, 9.17) is 4.74 Å². The van der Waals surface area contributed by atoms with Gasteiger partial charge in [-0.15, -0.1) is 6.58 Å². The van der Waals surface area contributed by atoms with Crippen LogP contribution in [-0.4, -0.2) is 13.1 Å². The molecule has 0 atom stereocenters. The highest BCUT2D eigenvalue weighted by atomic mass is 16.5. The first-order chi connectivity index (χ1) is 9.27. The summed E-state index contributed by atoms with van der Waals surface area (Å²) in [5, 5.41) is 0. The Kier molecular flexibility index (Phi) is 4.14. The highest BCUT2D eigenvalue weighted by Crippen LogP contribution is 2.27. The molecular weight excluding hydrogens is 236 g/mol. The molecule has 0 aliphatic heterocycles. The molecule has 2 rings (SSSR count). The maximum Gasteiger partial charge on any atom is 0.338 e. The van der Waals surface area contributed by atoms with Gasteiger partial charge in [0.25, 0.3) is 0 Å². The van der Waals surface area contributed by atoms with E-state index in [-0.39, 0.29) is 5.97 Å². The van der Waals surface area contributed by atoms with E-state index < -0.39 is 0 Å². The fourth-order valence-corrected chi connectivity index (χ4v) is 2.14. The molecule has 0 aromatic heterocycles. The summed E-state index contributed by atoms with van der Waals surface area (Å²) in [5.74, 6) is -0.311. The summed E-state index contributed by atoms with van der Waals surface area (Å²) in [6.07, 6.45) is 2.43. The largest absolute Gasteiger partial charge is 0.465 e. The van der Waals surface area contributed by atoms with E-state index in [1.165, 1.54) is 7.11 Å². The number of carbonyl (C=O) groups excluding carboxylic acids is 1. The van der Waals surface area contributed by atoms with Gasteiger partial charge in [-0.3, -0.25) is 0 Å². The standard InChI is InChI=1S/C17H16O2/c1-3-8-15-14(13-9-5-4-6-10-13)11-7-12-16(15)17(18)19-2/h3-7,9-12H,1,8H2,2H3. The van der Waals surface area contributed by atoms with Crippen LogP contribution in [0.5, 0.6) is 0 Å². The van der Waals surface area contributed by atoms with E-state index in [9.17, 15) is 4.79 Å². The molecule has 2 aromatic carbocycles. The Morgan fingerprint density at radius 3 is 2.53 bits per heavy atom. The zero-order valence-electron chi connectivity index (χ0n) is 10.9. The second-order valence-corrected chi connectivity index (χ2v) is 4.18. The molecule has 2 aromatic rings. The predicted molar refractivity (Wildman–Crippen MR) is 77.1 cm³/mol. The van der Waals surface area contributed by atoms with Gasteiger partial charge in [0.15, 0.2) is 0 Å². The van der Waals surface area contributed by atoms with Crippen LogP contribution in [-0.2, 0) is 11.2 Å². The molecule has 0 saturated heterocycles. The molecule has 0 spiro atoms. The molecule has 2 heteroatoms. The number of ether oxygens (including phenoxy) is 1. The van der Waals surface area contributed by atoms with Crippen LogP contribution in [0.1, 0.15) is 15.9 Å². The van der Waals surface area contributed by atoms with Crippen molar-refractivity contribution in [2.45, 2.75) is 6.42 Å². The van der Waals surface area contributed by atoms with Crippen molar-refractivity contribution in [3.8, 4) is 11.1 Å². The number of hydrogen-bond acceptors (Lipinski definition) is 2. The van der Waals surface area contributed by atoms with Crippen LogP contribution in [0.2, 0.25) is 0 Å². The second-order valence-electron chi connectivity index (χ2n) is 4.18. The molecule has 0 fully saturated rings. The van der Waals surface area contributed by atoms with Crippen LogP contribution in [0, 0.1) is 0 Å². The SMILES string of the molecule is C=CCc1c(C(=O)OC)cccc1-c1ccccc1. The first kappa shape index (κ1) is 13.1. The molecule has 0 amide bonds. The molecule has 0 unspecified atom stereocenters. The van der Waals surface area contributed by atoms with Gasteiger partial charge in [0.2, 0.25) is 0 Å². The monoisotopic (exact) mass is 252 g/mol. The van der Waals surface area contributed by atoms with E-state index in [0.29, 0.717) is 12.0 Å². The third-order valence-corrected chi connectivity index (χ3v) is 3.01. The lowest BCUT2D eigenvalue weighted by Crippen LogP contribution is -2.06. The summed E-state index contributed by atoms with van der Waals surface area (Å²) in [4.78, 5) is 11.8. The minimum Gasteiger partial charge on any atom is -0.465 e. The number of allylic oxidation sites excluding steroid dienone is 1. The van der Waals surface area contributed by atoms with E-state index in [1.807, 2.05) is 42.5 Å². The van der Waals surface area contributed by atoms with Gasteiger partial charge in [0.1, 0.15) is 0 Å². The van der Waals surface area contributed by atoms with Crippen molar-refractivity contribution < 1.29 is 9.53 Å². The fourth-order valence-electron chi connectivity index (χ4n) is 2.14. The zero-order chi connectivity index (χ0) is 13.7. The quantitative estimate of drug-likeness (QED) is 0.610. The Bertz CT molecular complexity index is 585. The van der Waals surface area contributed by atoms with Crippen molar-refractivity contribution in [1.82, 2.24) is 0 Å². The highest BCUT2D eigenvalue weighted by Gasteiger charge is 2.14. The van der Waals surface area contributed by atoms with Crippen molar-refractivity contribution in [3.05, 3.63) is 72.3 Å². The third-order valence-electron chi connectivity index (χ3n) is 3.01. The average molecular weight is 252 g/mol. The van der Waals surface area contributed by atoms with Gasteiger partial charge in [-0.25, -0.2) is 4.79 Å². The molecule has 0 bridgehead atoms. The first-order valence-electron chi connectivity index (χ1n) is 6.14. The predicted octanol–water partition coefficient (Wildman–Crippen LogP) is 3.87. The van der Waals surface area contributed by atoms with Gasteiger partial charge in [0.05, 0.1) is 12.7 Å². The third kappa shape index (κ3) is 2.74. The van der Waals surface area contributed by atoms with Gasteiger partial charge in [-0.1, -0.05) is 48.5 Å². The Hall–Kier alpha value is -2.35. The Morgan fingerprint density at radius 1 is 1.16 bits per heavy atom. The number of esters is 1. The van der Waals surface area contributed by atoms with E-state index in [2.05, 4.69) is 6.58 Å². The van der Waals surface area contributed by atoms with E-state index >= 15 is 0 Å². The Morgan fingerprint density at radius 2 is 1.89 bits per heavy atom. The molecule has 0 radical (unpaired) electrons. The molecular formula is C17H16O2. The first-order valence-corrected chi connectivity index (χ1v) is 6.14. The lowest BCUT2D eigenvalue weighted by Gasteiger charge is -2.12. The molecule has 0 aliphatic rings. The summed E-state index contributed by atoms with van der Waals surface area (Å²) in [6, 6.07) is 15.7. The molecule has 2 nitrogen and oxygen atoms in total. The van der Waals surface area contributed by atoms with Crippen molar-refractivity contribution in [2.75, 3.05) is 7.11 Å². The molecule has 0 aliphatic carbocycles. The van der Waals surface area contributed by atoms with Crippen LogP contribution in [0.25, 0.3) is 11.1 Å². The van der Waals surface area contributed by atoms with Gasteiger partial charge in [-0.2, -0.15) is 0 Å². The van der Waals surface area contributed by atoms with Crippen LogP contribution < -0.4 is 0 Å². The van der Waals surface area contributed by atoms with Crippen molar-refractivity contribution in [2.24, 2.45) is 0 Å². The number of benzene rings is 2. The molecule has 96 valence electrons. The van der Waals surface area contributed by atoms with E-state index in [1.54, 1.807) is 12.1 Å². The van der Waals surface area contributed by atoms with Gasteiger partial charge in [-0.05, 0) is 29.2 Å². The maximum absolute atomic E-state index is 11.8. The maximum atomic E-state index is 11.8. The normalized spacial score (nSPS) is 9.95. The Balaban J connectivity index is 2.61. The molecule has 0 saturated carbocycles. The molecule has 0 N–H and O–H groups in total. The number of hydrogen-bond donors (Lipinski definition) is 0. The van der Waals surface area contributed by atoms with Crippen molar-refractivity contribution in [1.29, 1.82) is 0 Å². The summed E-state index contributed by atoms with van der Waals surface area (Å²) in [7, 11) is 1.40. The van der Waals surface area contributed by atoms with Crippen molar-refractivity contribution >= 4 is 5.97 Å². The Labute approximate surface area is 113 Å². The second kappa shape index (κ2) is 6.01.